The van der Waals surface area contributed by atoms with Crippen LogP contribution in [0.2, 0.25) is 10.0 Å². The normalized spacial score (nSPS) is 16.1. The van der Waals surface area contributed by atoms with Crippen molar-refractivity contribution in [3.8, 4) is 0 Å². The van der Waals surface area contributed by atoms with Crippen LogP contribution in [0.5, 0.6) is 0 Å². The molecule has 0 saturated carbocycles. The van der Waals surface area contributed by atoms with E-state index in [1.54, 1.807) is 29.2 Å². The van der Waals surface area contributed by atoms with Gasteiger partial charge in [-0.25, -0.2) is 0 Å². The van der Waals surface area contributed by atoms with E-state index in [-0.39, 0.29) is 4.90 Å². The molecule has 0 aliphatic carbocycles. The molecule has 8 heteroatoms. The minimum absolute atomic E-state index is 0.0586. The highest BCUT2D eigenvalue weighted by Gasteiger charge is 2.31. The quantitative estimate of drug-likeness (QED) is 0.815. The van der Waals surface area contributed by atoms with E-state index in [1.165, 1.54) is 12.4 Å². The molecule has 0 radical (unpaired) electrons. The lowest BCUT2D eigenvalue weighted by Gasteiger charge is -2.30. The van der Waals surface area contributed by atoms with Crippen molar-refractivity contribution >= 4 is 50.4 Å². The van der Waals surface area contributed by atoms with Crippen LogP contribution in [-0.2, 0) is 10.0 Å². The Bertz CT molecular complexity index is 861. The van der Waals surface area contributed by atoms with Crippen LogP contribution >= 0.6 is 23.2 Å². The van der Waals surface area contributed by atoms with Gasteiger partial charge in [-0.1, -0.05) is 30.1 Å². The second kappa shape index (κ2) is 5.53. The molecule has 2 aromatic rings. The first-order chi connectivity index (χ1) is 10.4. The topological polar surface area (TPSA) is 62.6 Å². The van der Waals surface area contributed by atoms with Gasteiger partial charge in [0.2, 0.25) is 0 Å². The first-order valence-electron chi connectivity index (χ1n) is 6.46. The van der Waals surface area contributed by atoms with E-state index in [9.17, 15) is 8.42 Å². The summed E-state index contributed by atoms with van der Waals surface area (Å²) in [5, 5.41) is 0.920. The molecule has 114 valence electrons. The molecular weight excluding hydrogens is 345 g/mol. The van der Waals surface area contributed by atoms with Crippen LogP contribution in [0.15, 0.2) is 46.0 Å². The maximum Gasteiger partial charge on any atom is 0.287 e. The Labute approximate surface area is 138 Å². The number of halogens is 2. The van der Waals surface area contributed by atoms with Gasteiger partial charge < -0.3 is 0 Å². The minimum Gasteiger partial charge on any atom is -0.296 e. The van der Waals surface area contributed by atoms with Gasteiger partial charge in [-0.3, -0.25) is 9.88 Å². The van der Waals surface area contributed by atoms with Crippen molar-refractivity contribution in [3.63, 3.8) is 0 Å². The van der Waals surface area contributed by atoms with Crippen LogP contribution in [0.4, 0.5) is 11.4 Å². The summed E-state index contributed by atoms with van der Waals surface area (Å²) in [4.78, 5) is 5.67. The summed E-state index contributed by atoms with van der Waals surface area (Å²) in [6.07, 6.45) is 3.26. The summed E-state index contributed by atoms with van der Waals surface area (Å²) in [6, 6.07) is 6.66. The average molecular weight is 356 g/mol. The van der Waals surface area contributed by atoms with Gasteiger partial charge in [0.05, 0.1) is 11.4 Å². The maximum atomic E-state index is 12.2. The Morgan fingerprint density at radius 3 is 2.50 bits per heavy atom. The molecular formula is C14H11Cl2N3O2S. The van der Waals surface area contributed by atoms with E-state index in [0.717, 1.165) is 0 Å². The summed E-state index contributed by atoms with van der Waals surface area (Å²) < 4.78 is 28.4. The molecule has 22 heavy (non-hydrogen) atoms. The van der Waals surface area contributed by atoms with E-state index in [1.807, 2.05) is 6.92 Å². The van der Waals surface area contributed by atoms with Crippen LogP contribution in [-0.4, -0.2) is 19.2 Å². The molecule has 0 N–H and O–H groups in total. The molecule has 1 aliphatic heterocycles. The third kappa shape index (κ3) is 2.58. The number of fused-ring (bicyclic) bond motifs is 1. The van der Waals surface area contributed by atoms with Crippen molar-refractivity contribution in [2.45, 2.75) is 18.2 Å². The van der Waals surface area contributed by atoms with E-state index in [0.29, 0.717) is 33.7 Å². The summed E-state index contributed by atoms with van der Waals surface area (Å²) in [5.74, 6) is 0.400. The van der Waals surface area contributed by atoms with Gasteiger partial charge in [0.1, 0.15) is 10.7 Å². The van der Waals surface area contributed by atoms with Gasteiger partial charge in [-0.15, -0.1) is 4.40 Å². The number of nitrogens with zero attached hydrogens (tertiary/aromatic N) is 3. The predicted molar refractivity (Wildman–Crippen MR) is 87.7 cm³/mol. The van der Waals surface area contributed by atoms with E-state index in [2.05, 4.69) is 9.38 Å². The van der Waals surface area contributed by atoms with Crippen molar-refractivity contribution in [2.75, 3.05) is 4.90 Å². The summed E-state index contributed by atoms with van der Waals surface area (Å²) in [7, 11) is -3.75. The molecule has 0 spiro atoms. The van der Waals surface area contributed by atoms with Gasteiger partial charge in [-0.2, -0.15) is 8.42 Å². The number of benzene rings is 1. The number of hydrogen-bond acceptors (Lipinski definition) is 4. The second-order valence-electron chi connectivity index (χ2n) is 4.64. The zero-order chi connectivity index (χ0) is 15.9. The molecule has 0 unspecified atom stereocenters. The van der Waals surface area contributed by atoms with Gasteiger partial charge in [0.15, 0.2) is 0 Å². The van der Waals surface area contributed by atoms with Gasteiger partial charge in [0, 0.05) is 28.9 Å². The molecule has 0 amide bonds. The Balaban J connectivity index is 2.29. The van der Waals surface area contributed by atoms with Crippen molar-refractivity contribution in [1.29, 1.82) is 0 Å². The fourth-order valence-electron chi connectivity index (χ4n) is 2.30. The molecule has 0 atom stereocenters. The van der Waals surface area contributed by atoms with E-state index >= 15 is 0 Å². The highest BCUT2D eigenvalue weighted by Crippen LogP contribution is 2.38. The van der Waals surface area contributed by atoms with Crippen LogP contribution in [0.25, 0.3) is 0 Å². The molecule has 1 aliphatic rings. The van der Waals surface area contributed by atoms with E-state index in [4.69, 9.17) is 23.2 Å². The molecule has 0 bridgehead atoms. The first-order valence-corrected chi connectivity index (χ1v) is 8.66. The number of aromatic nitrogens is 1. The Kier molecular flexibility index (Phi) is 3.84. The lowest BCUT2D eigenvalue weighted by Crippen LogP contribution is -2.31. The van der Waals surface area contributed by atoms with Crippen molar-refractivity contribution in [3.05, 3.63) is 46.7 Å². The van der Waals surface area contributed by atoms with Crippen molar-refractivity contribution in [2.24, 2.45) is 4.40 Å². The Hall–Kier alpha value is -1.63. The first kappa shape index (κ1) is 15.3. The summed E-state index contributed by atoms with van der Waals surface area (Å²) in [5.41, 5.74) is 1.14. The summed E-state index contributed by atoms with van der Waals surface area (Å²) >= 11 is 12.1. The zero-order valence-electron chi connectivity index (χ0n) is 11.5. The third-order valence-corrected chi connectivity index (χ3v) is 4.94. The molecule has 1 aromatic carbocycles. The SMILES string of the molecule is CCC1=NS(=O)(=O)c2cnccc2N1c1cc(Cl)cc(Cl)c1. The van der Waals surface area contributed by atoms with Crippen LogP contribution in [0.3, 0.4) is 0 Å². The second-order valence-corrected chi connectivity index (χ2v) is 7.09. The monoisotopic (exact) mass is 355 g/mol. The number of anilines is 2. The van der Waals surface area contributed by atoms with Crippen molar-refractivity contribution in [1.82, 2.24) is 4.98 Å². The molecule has 3 rings (SSSR count). The van der Waals surface area contributed by atoms with E-state index < -0.39 is 10.0 Å². The fraction of sp³-hybridized carbons (Fsp3) is 0.143. The molecule has 2 heterocycles. The highest BCUT2D eigenvalue weighted by atomic mass is 35.5. The van der Waals surface area contributed by atoms with Gasteiger partial charge in [-0.05, 0) is 24.3 Å². The lowest BCUT2D eigenvalue weighted by molar-refractivity contribution is 0.596. The molecule has 5 nitrogen and oxygen atoms in total. The van der Waals surface area contributed by atoms with Crippen LogP contribution in [0, 0.1) is 0 Å². The number of rotatable bonds is 2. The van der Waals surface area contributed by atoms with Crippen molar-refractivity contribution < 1.29 is 8.42 Å². The highest BCUT2D eigenvalue weighted by molar-refractivity contribution is 7.90. The number of sulfonamides is 1. The number of pyridine rings is 1. The number of amidine groups is 1. The molecule has 1 aromatic heterocycles. The Morgan fingerprint density at radius 2 is 1.86 bits per heavy atom. The summed E-state index contributed by atoms with van der Waals surface area (Å²) in [6.45, 7) is 1.83. The average Bonchev–Trinajstić information content (AvgIpc) is 2.45. The van der Waals surface area contributed by atoms with Crippen LogP contribution in [0.1, 0.15) is 13.3 Å². The fourth-order valence-corrected chi connectivity index (χ4v) is 4.02. The van der Waals surface area contributed by atoms with Gasteiger partial charge >= 0.3 is 0 Å². The smallest absolute Gasteiger partial charge is 0.287 e. The maximum absolute atomic E-state index is 12.2. The largest absolute Gasteiger partial charge is 0.296 e. The van der Waals surface area contributed by atoms with Gasteiger partial charge in [0.25, 0.3) is 10.0 Å². The lowest BCUT2D eigenvalue weighted by atomic mass is 10.2. The number of hydrogen-bond donors (Lipinski definition) is 0. The molecule has 0 saturated heterocycles. The Morgan fingerprint density at radius 1 is 1.18 bits per heavy atom. The minimum atomic E-state index is -3.75. The van der Waals surface area contributed by atoms with Crippen LogP contribution < -0.4 is 4.90 Å². The standard InChI is InChI=1S/C14H11Cl2N3O2S/c1-2-14-18-22(20,21)13-8-17-4-3-12(13)19(14)11-6-9(15)5-10(16)7-11/h3-8H,2H2,1H3. The zero-order valence-corrected chi connectivity index (χ0v) is 13.8. The molecule has 0 fully saturated rings. The predicted octanol–water partition coefficient (Wildman–Crippen LogP) is 4.04. The third-order valence-electron chi connectivity index (χ3n) is 3.19.